The Morgan fingerprint density at radius 2 is 1.97 bits per heavy atom. The quantitative estimate of drug-likeness (QED) is 0.391. The number of halogens is 2. The number of aromatic nitrogens is 5. The van der Waals surface area contributed by atoms with Crippen LogP contribution in [0.25, 0.3) is 21.8 Å². The molecule has 3 heterocycles. The fraction of sp³-hybridized carbons (Fsp3) is 0.200. The number of hydrogen-bond acceptors (Lipinski definition) is 7. The van der Waals surface area contributed by atoms with Gasteiger partial charge in [-0.1, -0.05) is 13.8 Å². The first kappa shape index (κ1) is 22.3. The lowest BCUT2D eigenvalue weighted by molar-refractivity contribution is 0.595. The highest BCUT2D eigenvalue weighted by atomic mass is 35.5. The lowest BCUT2D eigenvalue weighted by Crippen LogP contribution is -2.14. The van der Waals surface area contributed by atoms with Crippen LogP contribution in [0.1, 0.15) is 24.8 Å². The molecule has 12 heteroatoms. The van der Waals surface area contributed by atoms with Crippen LogP contribution in [0.5, 0.6) is 0 Å². The van der Waals surface area contributed by atoms with Crippen molar-refractivity contribution in [1.82, 2.24) is 24.5 Å². The first-order chi connectivity index (χ1) is 15.1. The SMILES string of the molecule is CC(C)c1nc(-c2ccc(F)c(NS(=O)(=O)c3cn(C)cn3)c2)c(-c2ccnc(Cl)n2)s1. The van der Waals surface area contributed by atoms with E-state index in [2.05, 4.69) is 19.7 Å². The van der Waals surface area contributed by atoms with Crippen LogP contribution in [-0.2, 0) is 17.1 Å². The van der Waals surface area contributed by atoms with Crippen molar-refractivity contribution in [3.8, 4) is 21.8 Å². The number of benzene rings is 1. The molecule has 1 N–H and O–H groups in total. The molecule has 0 amide bonds. The van der Waals surface area contributed by atoms with Crippen molar-refractivity contribution < 1.29 is 12.8 Å². The Balaban J connectivity index is 1.80. The lowest BCUT2D eigenvalue weighted by atomic mass is 10.1. The highest BCUT2D eigenvalue weighted by Crippen LogP contribution is 2.39. The maximum atomic E-state index is 14.5. The Hall–Kier alpha value is -2.89. The molecule has 8 nitrogen and oxygen atoms in total. The number of thiazole rings is 1. The van der Waals surface area contributed by atoms with Crippen LogP contribution >= 0.6 is 22.9 Å². The molecule has 0 saturated carbocycles. The highest BCUT2D eigenvalue weighted by Gasteiger charge is 2.22. The van der Waals surface area contributed by atoms with Gasteiger partial charge in [-0.25, -0.2) is 24.3 Å². The monoisotopic (exact) mass is 492 g/mol. The van der Waals surface area contributed by atoms with E-state index in [1.807, 2.05) is 13.8 Å². The van der Waals surface area contributed by atoms with E-state index in [1.54, 1.807) is 25.4 Å². The van der Waals surface area contributed by atoms with Gasteiger partial charge in [0.25, 0.3) is 10.0 Å². The van der Waals surface area contributed by atoms with E-state index >= 15 is 0 Å². The van der Waals surface area contributed by atoms with Gasteiger partial charge in [0.2, 0.25) is 5.28 Å². The summed E-state index contributed by atoms with van der Waals surface area (Å²) in [6.07, 6.45) is 4.22. The van der Waals surface area contributed by atoms with Crippen LogP contribution in [0.4, 0.5) is 10.1 Å². The molecule has 4 rings (SSSR count). The molecule has 0 spiro atoms. The Bertz CT molecular complexity index is 1400. The van der Waals surface area contributed by atoms with Crippen LogP contribution in [0, 0.1) is 5.82 Å². The van der Waals surface area contributed by atoms with E-state index in [-0.39, 0.29) is 21.9 Å². The van der Waals surface area contributed by atoms with Crippen molar-refractivity contribution >= 4 is 38.6 Å². The lowest BCUT2D eigenvalue weighted by Gasteiger charge is -2.09. The zero-order valence-corrected chi connectivity index (χ0v) is 19.6. The Morgan fingerprint density at radius 1 is 1.19 bits per heavy atom. The van der Waals surface area contributed by atoms with Crippen LogP contribution in [0.15, 0.2) is 48.0 Å². The number of nitrogens with one attached hydrogen (secondary N) is 1. The number of imidazole rings is 1. The summed E-state index contributed by atoms with van der Waals surface area (Å²) in [5.41, 5.74) is 1.44. The van der Waals surface area contributed by atoms with E-state index < -0.39 is 15.8 Å². The first-order valence-corrected chi connectivity index (χ1v) is 12.1. The van der Waals surface area contributed by atoms with Gasteiger partial charge >= 0.3 is 0 Å². The number of aryl methyl sites for hydroxylation is 1. The smallest absolute Gasteiger partial charge is 0.281 e. The molecule has 32 heavy (non-hydrogen) atoms. The Morgan fingerprint density at radius 3 is 2.62 bits per heavy atom. The molecule has 0 fully saturated rings. The predicted octanol–water partition coefficient (Wildman–Crippen LogP) is 4.72. The van der Waals surface area contributed by atoms with Gasteiger partial charge in [0.05, 0.1) is 33.3 Å². The van der Waals surface area contributed by atoms with Gasteiger partial charge in [0, 0.05) is 30.9 Å². The van der Waals surface area contributed by atoms with Crippen molar-refractivity contribution in [3.05, 3.63) is 59.1 Å². The number of hydrogen-bond donors (Lipinski definition) is 1. The van der Waals surface area contributed by atoms with E-state index in [1.165, 1.54) is 40.6 Å². The maximum Gasteiger partial charge on any atom is 0.281 e. The average Bonchev–Trinajstić information content (AvgIpc) is 3.37. The van der Waals surface area contributed by atoms with Gasteiger partial charge in [-0.3, -0.25) is 4.72 Å². The summed E-state index contributed by atoms with van der Waals surface area (Å²) in [7, 11) is -2.43. The second kappa shape index (κ2) is 8.57. The maximum absolute atomic E-state index is 14.5. The number of nitrogens with zero attached hydrogens (tertiary/aromatic N) is 5. The summed E-state index contributed by atoms with van der Waals surface area (Å²) in [5.74, 6) is -0.577. The van der Waals surface area contributed by atoms with Crippen LogP contribution < -0.4 is 4.72 Å². The molecule has 4 aromatic rings. The van der Waals surface area contributed by atoms with Gasteiger partial charge < -0.3 is 4.57 Å². The second-order valence-electron chi connectivity index (χ2n) is 7.27. The van der Waals surface area contributed by atoms with E-state index in [9.17, 15) is 12.8 Å². The highest BCUT2D eigenvalue weighted by molar-refractivity contribution is 7.92. The van der Waals surface area contributed by atoms with Crippen molar-refractivity contribution in [2.45, 2.75) is 24.8 Å². The zero-order chi connectivity index (χ0) is 23.0. The summed E-state index contributed by atoms with van der Waals surface area (Å²) in [5, 5.41) is 0.734. The summed E-state index contributed by atoms with van der Waals surface area (Å²) in [6, 6.07) is 5.85. The number of sulfonamides is 1. The van der Waals surface area contributed by atoms with Crippen molar-refractivity contribution in [3.63, 3.8) is 0 Å². The first-order valence-electron chi connectivity index (χ1n) is 9.44. The minimum Gasteiger partial charge on any atom is -0.339 e. The summed E-state index contributed by atoms with van der Waals surface area (Å²) >= 11 is 7.41. The van der Waals surface area contributed by atoms with E-state index in [0.29, 0.717) is 17.0 Å². The van der Waals surface area contributed by atoms with Gasteiger partial charge in [-0.15, -0.1) is 11.3 Å². The Kier molecular flexibility index (Phi) is 5.97. The van der Waals surface area contributed by atoms with Gasteiger partial charge in [-0.05, 0) is 35.9 Å². The van der Waals surface area contributed by atoms with Crippen molar-refractivity contribution in [2.24, 2.45) is 7.05 Å². The van der Waals surface area contributed by atoms with Gasteiger partial charge in [0.1, 0.15) is 5.82 Å². The molecule has 0 radical (unpaired) electrons. The van der Waals surface area contributed by atoms with Crippen molar-refractivity contribution in [1.29, 1.82) is 0 Å². The molecule has 166 valence electrons. The Labute approximate surface area is 193 Å². The summed E-state index contributed by atoms with van der Waals surface area (Å²) in [4.78, 5) is 17.5. The van der Waals surface area contributed by atoms with Crippen LogP contribution in [0.2, 0.25) is 5.28 Å². The van der Waals surface area contributed by atoms with Crippen molar-refractivity contribution in [2.75, 3.05) is 4.72 Å². The molecule has 0 aliphatic rings. The third-order valence-corrected chi connectivity index (χ3v) is 7.25. The molecule has 0 unspecified atom stereocenters. The average molecular weight is 493 g/mol. The molecule has 0 aliphatic heterocycles. The fourth-order valence-corrected chi connectivity index (χ4v) is 5.14. The molecular formula is C20H18ClFN6O2S2. The molecule has 0 aliphatic carbocycles. The molecule has 0 saturated heterocycles. The van der Waals surface area contributed by atoms with E-state index in [4.69, 9.17) is 16.6 Å². The topological polar surface area (TPSA) is 103 Å². The van der Waals surface area contributed by atoms with E-state index in [0.717, 1.165) is 9.88 Å². The minimum absolute atomic E-state index is 0.0934. The second-order valence-corrected chi connectivity index (χ2v) is 10.3. The standard InChI is InChI=1S/C20H18ClFN6O2S2/c1-11(2)19-26-17(18(31-19)14-6-7-23-20(21)25-14)12-4-5-13(22)15(8-12)27-32(29,30)16-9-28(3)10-24-16/h4-11,27H,1-3H3. The minimum atomic E-state index is -4.07. The largest absolute Gasteiger partial charge is 0.339 e. The molecule has 0 bridgehead atoms. The fourth-order valence-electron chi connectivity index (χ4n) is 2.89. The number of rotatable bonds is 6. The molecule has 1 aromatic carbocycles. The van der Waals surface area contributed by atoms with Crippen LogP contribution in [-0.4, -0.2) is 32.9 Å². The van der Waals surface area contributed by atoms with Gasteiger partial charge in [-0.2, -0.15) is 8.42 Å². The summed E-state index contributed by atoms with van der Waals surface area (Å²) in [6.45, 7) is 4.02. The molecule has 3 aromatic heterocycles. The third kappa shape index (κ3) is 4.50. The van der Waals surface area contributed by atoms with Gasteiger partial charge in [0.15, 0.2) is 5.03 Å². The number of anilines is 1. The predicted molar refractivity (Wildman–Crippen MR) is 122 cm³/mol. The third-order valence-electron chi connectivity index (χ3n) is 4.44. The summed E-state index contributed by atoms with van der Waals surface area (Å²) < 4.78 is 43.6. The zero-order valence-electron chi connectivity index (χ0n) is 17.2. The molecule has 0 atom stereocenters. The normalized spacial score (nSPS) is 11.8. The molecular weight excluding hydrogens is 475 g/mol. The van der Waals surface area contributed by atoms with Crippen LogP contribution in [0.3, 0.4) is 0 Å².